The number of methoxy groups -OCH3 is 1. The van der Waals surface area contributed by atoms with Crippen molar-refractivity contribution in [2.75, 3.05) is 58.9 Å². The summed E-state index contributed by atoms with van der Waals surface area (Å²) in [6, 6.07) is 8.67. The Kier molecular flexibility index (Phi) is 7.29. The molecule has 0 aliphatic carbocycles. The Balaban J connectivity index is 1.16. The molecule has 1 fully saturated rings. The lowest BCUT2D eigenvalue weighted by Crippen LogP contribution is -2.55. The summed E-state index contributed by atoms with van der Waals surface area (Å²) >= 11 is 2.69. The minimum Gasteiger partial charge on any atom is -0.497 e. The average molecular weight is 637 g/mol. The summed E-state index contributed by atoms with van der Waals surface area (Å²) in [6.07, 6.45) is 1.81. The second kappa shape index (κ2) is 11.2. The van der Waals surface area contributed by atoms with E-state index < -0.39 is 5.82 Å². The second-order valence-corrected chi connectivity index (χ2v) is 13.8. The van der Waals surface area contributed by atoms with Crippen LogP contribution in [0, 0.1) is 5.82 Å². The molecule has 1 saturated heterocycles. The Morgan fingerprint density at radius 1 is 1.14 bits per heavy atom. The van der Waals surface area contributed by atoms with Crippen molar-refractivity contribution in [2.45, 2.75) is 23.1 Å². The molecular weight excluding hydrogens is 606 g/mol. The third-order valence-corrected chi connectivity index (χ3v) is 10.2. The summed E-state index contributed by atoms with van der Waals surface area (Å²) in [5, 5.41) is 17.7. The zero-order valence-corrected chi connectivity index (χ0v) is 26.4. The molecule has 11 nitrogen and oxygen atoms in total. The first kappa shape index (κ1) is 28.7. The molecule has 0 amide bonds. The molecule has 2 aromatic carbocycles. The highest BCUT2D eigenvalue weighted by molar-refractivity contribution is 8.00. The Morgan fingerprint density at radius 3 is 2.66 bits per heavy atom. The van der Waals surface area contributed by atoms with E-state index in [1.807, 2.05) is 46.9 Å². The number of aromatic nitrogens is 5. The predicted octanol–water partition coefficient (Wildman–Crippen LogP) is 4.86. The van der Waals surface area contributed by atoms with Crippen molar-refractivity contribution in [3.05, 3.63) is 58.5 Å². The lowest BCUT2D eigenvalue weighted by atomic mass is 10.1. The molecular formula is C30H31FN7O4S2+. The van der Waals surface area contributed by atoms with Crippen LogP contribution in [-0.4, -0.2) is 83.4 Å². The molecule has 0 bridgehead atoms. The van der Waals surface area contributed by atoms with E-state index in [1.165, 1.54) is 29.2 Å². The van der Waals surface area contributed by atoms with E-state index in [9.17, 15) is 4.79 Å². The van der Waals surface area contributed by atoms with Crippen LogP contribution in [0.15, 0.2) is 50.1 Å². The molecule has 2 aliphatic heterocycles. The number of halogens is 1. The molecule has 0 unspecified atom stereocenters. The van der Waals surface area contributed by atoms with E-state index >= 15 is 4.39 Å². The molecule has 2 aliphatic rings. The summed E-state index contributed by atoms with van der Waals surface area (Å²) in [7, 11) is 5.97. The third-order valence-electron chi connectivity index (χ3n) is 8.17. The highest BCUT2D eigenvalue weighted by Crippen LogP contribution is 2.43. The quantitative estimate of drug-likeness (QED) is 0.182. The Bertz CT molecular complexity index is 1910. The summed E-state index contributed by atoms with van der Waals surface area (Å²) in [5.41, 5.74) is 1.93. The van der Waals surface area contributed by atoms with Crippen molar-refractivity contribution in [1.82, 2.24) is 25.0 Å². The predicted molar refractivity (Wildman–Crippen MR) is 167 cm³/mol. The lowest BCUT2D eigenvalue weighted by molar-refractivity contribution is -0.890. The van der Waals surface area contributed by atoms with Crippen LogP contribution in [-0.2, 0) is 5.75 Å². The Labute approximate surface area is 260 Å². The fraction of sp³-hybridized carbons (Fsp3) is 0.367. The van der Waals surface area contributed by atoms with Gasteiger partial charge >= 0.3 is 0 Å². The van der Waals surface area contributed by atoms with Gasteiger partial charge in [-0.2, -0.15) is 0 Å². The SMILES string of the molecule is COc1ccc(-c2nnc(CSc3nnc(-c4cn5c6c(c(N7CC[N+](C)(C)CC7)c(F)cc6c4=O)OC[C@@H]5C)s3)o2)cc1. The standard InChI is InChI=1S/C30H31FN7O4S2/c1-17-15-41-27-24-20(13-22(31)25(27)36-9-11-38(2,3)12-10-36)26(39)21(14-37(17)24)29-34-35-30(44-29)43-16-23-32-33-28(42-23)18-5-7-19(40-4)8-6-18/h5-8,13-14,17H,9-12,15-16H2,1-4H3/q+1/t17-/m0/s1. The van der Waals surface area contributed by atoms with E-state index in [4.69, 9.17) is 13.9 Å². The molecule has 3 aromatic heterocycles. The molecule has 7 rings (SSSR count). The number of rotatable bonds is 7. The first-order chi connectivity index (χ1) is 21.2. The number of thioether (sulfide) groups is 1. The van der Waals surface area contributed by atoms with Crippen molar-refractivity contribution in [3.63, 3.8) is 0 Å². The van der Waals surface area contributed by atoms with Crippen molar-refractivity contribution in [1.29, 1.82) is 0 Å². The lowest BCUT2D eigenvalue weighted by Gasteiger charge is -2.41. The van der Waals surface area contributed by atoms with Gasteiger partial charge in [-0.05, 0) is 37.3 Å². The molecule has 0 saturated carbocycles. The van der Waals surface area contributed by atoms with Crippen LogP contribution < -0.4 is 19.8 Å². The monoisotopic (exact) mass is 636 g/mol. The van der Waals surface area contributed by atoms with Crippen molar-refractivity contribution in [3.8, 4) is 33.5 Å². The number of hydrogen-bond acceptors (Lipinski definition) is 11. The summed E-state index contributed by atoms with van der Waals surface area (Å²) < 4.78 is 36.5. The molecule has 0 spiro atoms. The van der Waals surface area contributed by atoms with Gasteiger partial charge in [-0.1, -0.05) is 23.1 Å². The van der Waals surface area contributed by atoms with Crippen LogP contribution in [0.1, 0.15) is 18.9 Å². The number of ether oxygens (including phenoxy) is 2. The molecule has 5 aromatic rings. The largest absolute Gasteiger partial charge is 0.497 e. The minimum absolute atomic E-state index is 0.0567. The molecule has 0 N–H and O–H groups in total. The van der Waals surface area contributed by atoms with Crippen LogP contribution in [0.4, 0.5) is 10.1 Å². The van der Waals surface area contributed by atoms with Crippen molar-refractivity contribution >= 4 is 39.7 Å². The van der Waals surface area contributed by atoms with Crippen LogP contribution >= 0.6 is 23.1 Å². The van der Waals surface area contributed by atoms with Crippen LogP contribution in [0.3, 0.4) is 0 Å². The van der Waals surface area contributed by atoms with Gasteiger partial charge in [0.1, 0.15) is 18.0 Å². The Hall–Kier alpha value is -4.01. The molecule has 1 atom stereocenters. The van der Waals surface area contributed by atoms with Gasteiger partial charge < -0.3 is 27.8 Å². The molecule has 14 heteroatoms. The van der Waals surface area contributed by atoms with Crippen LogP contribution in [0.2, 0.25) is 0 Å². The smallest absolute Gasteiger partial charge is 0.247 e. The summed E-state index contributed by atoms with van der Waals surface area (Å²) in [4.78, 5) is 15.9. The van der Waals surface area contributed by atoms with Crippen LogP contribution in [0.5, 0.6) is 11.5 Å². The normalized spacial score (nSPS) is 17.6. The number of pyridine rings is 1. The van der Waals surface area contributed by atoms with Gasteiger partial charge in [0.15, 0.2) is 26.3 Å². The second-order valence-electron chi connectivity index (χ2n) is 11.6. The molecule has 0 radical (unpaired) electrons. The first-order valence-corrected chi connectivity index (χ1v) is 16.1. The molecule has 228 valence electrons. The van der Waals surface area contributed by atoms with Gasteiger partial charge in [-0.25, -0.2) is 4.39 Å². The van der Waals surface area contributed by atoms with Crippen molar-refractivity contribution in [2.24, 2.45) is 0 Å². The fourth-order valence-corrected chi connectivity index (χ4v) is 7.25. The number of quaternary nitrogens is 1. The summed E-state index contributed by atoms with van der Waals surface area (Å²) in [6.45, 7) is 5.60. The number of hydrogen-bond donors (Lipinski definition) is 0. The fourth-order valence-electron chi connectivity index (χ4n) is 5.55. The minimum atomic E-state index is -0.447. The van der Waals surface area contributed by atoms with Crippen molar-refractivity contribution < 1.29 is 22.8 Å². The van der Waals surface area contributed by atoms with E-state index in [0.29, 0.717) is 69.1 Å². The number of likely N-dealkylation sites (N-methyl/N-ethyl adjacent to an activating group) is 1. The highest BCUT2D eigenvalue weighted by Gasteiger charge is 2.33. The maximum absolute atomic E-state index is 15.8. The van der Waals surface area contributed by atoms with Gasteiger partial charge in [0.2, 0.25) is 11.8 Å². The first-order valence-electron chi connectivity index (χ1n) is 14.3. The third kappa shape index (κ3) is 5.20. The zero-order chi connectivity index (χ0) is 30.6. The van der Waals surface area contributed by atoms with Gasteiger partial charge in [0.05, 0.1) is 75.6 Å². The Morgan fingerprint density at radius 2 is 1.91 bits per heavy atom. The number of anilines is 1. The molecule has 44 heavy (non-hydrogen) atoms. The zero-order valence-electron chi connectivity index (χ0n) is 24.7. The molecule has 5 heterocycles. The number of nitrogens with zero attached hydrogens (tertiary/aromatic N) is 7. The van der Waals surface area contributed by atoms with Gasteiger partial charge in [-0.15, -0.1) is 20.4 Å². The number of benzene rings is 2. The topological polar surface area (TPSA) is 108 Å². The van der Waals surface area contributed by atoms with Gasteiger partial charge in [-0.3, -0.25) is 4.79 Å². The number of piperazine rings is 1. The van der Waals surface area contributed by atoms with Crippen LogP contribution in [0.25, 0.3) is 32.9 Å². The summed E-state index contributed by atoms with van der Waals surface area (Å²) in [5.74, 6) is 1.98. The maximum atomic E-state index is 15.8. The average Bonchev–Trinajstić information content (AvgIpc) is 3.69. The highest BCUT2D eigenvalue weighted by atomic mass is 32.2. The van der Waals surface area contributed by atoms with E-state index in [1.54, 1.807) is 7.11 Å². The van der Waals surface area contributed by atoms with E-state index in [-0.39, 0.29) is 16.9 Å². The van der Waals surface area contributed by atoms with E-state index in [0.717, 1.165) is 28.9 Å². The van der Waals surface area contributed by atoms with Gasteiger partial charge in [0.25, 0.3) is 0 Å². The maximum Gasteiger partial charge on any atom is 0.247 e. The van der Waals surface area contributed by atoms with Gasteiger partial charge in [0, 0.05) is 11.8 Å². The van der Waals surface area contributed by atoms with E-state index in [2.05, 4.69) is 34.5 Å².